The number of nitrogens with one attached hydrogen (secondary N) is 1. The largest absolute Gasteiger partial charge is 0.481 e. The van der Waals surface area contributed by atoms with Gasteiger partial charge in [-0.3, -0.25) is 9.52 Å². The number of nitrogens with zero attached hydrogens (tertiary/aromatic N) is 3. The van der Waals surface area contributed by atoms with Gasteiger partial charge < -0.3 is 10.0 Å². The molecule has 0 spiro atoms. The van der Waals surface area contributed by atoms with Crippen LogP contribution in [0, 0.1) is 6.92 Å². The third-order valence-electron chi connectivity index (χ3n) is 5.13. The van der Waals surface area contributed by atoms with Gasteiger partial charge in [0.15, 0.2) is 5.03 Å². The summed E-state index contributed by atoms with van der Waals surface area (Å²) in [5, 5.41) is 8.53. The molecule has 186 valence electrons. The standard InChI is InChI=1S/C23H23F3N4O4S/c1-3-30(14-13-21(31)32)19-9-6-10-20(28-19)35(33,34)29-18-12-11-17(23(24,25)26)22(27-18)16-8-5-4-7-15(16)2/h4-12H,3,13-14H2,1-2H3,(H,27,29)(H,31,32). The van der Waals surface area contributed by atoms with Crippen LogP contribution >= 0.6 is 0 Å². The van der Waals surface area contributed by atoms with Crippen molar-refractivity contribution in [2.24, 2.45) is 0 Å². The van der Waals surface area contributed by atoms with Crippen molar-refractivity contribution in [1.29, 1.82) is 0 Å². The van der Waals surface area contributed by atoms with E-state index in [9.17, 15) is 26.4 Å². The Labute approximate surface area is 200 Å². The highest BCUT2D eigenvalue weighted by Gasteiger charge is 2.35. The molecule has 0 aliphatic rings. The average Bonchev–Trinajstić information content (AvgIpc) is 2.79. The molecule has 0 amide bonds. The SMILES string of the molecule is CCN(CCC(=O)O)c1cccc(S(=O)(=O)Nc2ccc(C(F)(F)F)c(-c3ccccc3C)n2)n1. The van der Waals surface area contributed by atoms with Gasteiger partial charge in [0, 0.05) is 18.7 Å². The van der Waals surface area contributed by atoms with Gasteiger partial charge in [-0.05, 0) is 43.7 Å². The van der Waals surface area contributed by atoms with E-state index in [1.54, 1.807) is 36.9 Å². The van der Waals surface area contributed by atoms with E-state index in [1.807, 2.05) is 0 Å². The second-order valence-corrected chi connectivity index (χ2v) is 9.20. The average molecular weight is 509 g/mol. The summed E-state index contributed by atoms with van der Waals surface area (Å²) in [4.78, 5) is 20.6. The lowest BCUT2D eigenvalue weighted by Gasteiger charge is -2.21. The van der Waals surface area contributed by atoms with Crippen LogP contribution in [0.1, 0.15) is 24.5 Å². The first kappa shape index (κ1) is 25.9. The maximum Gasteiger partial charge on any atom is 0.418 e. The highest BCUT2D eigenvalue weighted by molar-refractivity contribution is 7.92. The molecule has 2 aromatic heterocycles. The number of carboxylic acid groups (broad SMARTS) is 1. The fourth-order valence-electron chi connectivity index (χ4n) is 3.37. The Morgan fingerprint density at radius 3 is 2.40 bits per heavy atom. The molecule has 35 heavy (non-hydrogen) atoms. The number of aromatic nitrogens is 2. The van der Waals surface area contributed by atoms with Gasteiger partial charge in [0.1, 0.15) is 11.6 Å². The van der Waals surface area contributed by atoms with Gasteiger partial charge in [-0.2, -0.15) is 21.6 Å². The summed E-state index contributed by atoms with van der Waals surface area (Å²) in [7, 11) is -4.31. The fraction of sp³-hybridized carbons (Fsp3) is 0.261. The fourth-order valence-corrected chi connectivity index (χ4v) is 4.34. The number of aliphatic carboxylic acids is 1. The van der Waals surface area contributed by atoms with Crippen molar-refractivity contribution in [3.63, 3.8) is 0 Å². The molecular weight excluding hydrogens is 485 g/mol. The molecule has 0 aliphatic heterocycles. The first-order valence-electron chi connectivity index (χ1n) is 10.5. The molecular formula is C23H23F3N4O4S. The second kappa shape index (κ2) is 10.3. The van der Waals surface area contributed by atoms with Crippen LogP contribution in [0.5, 0.6) is 0 Å². The predicted octanol–water partition coefficient (Wildman–Crippen LogP) is 4.57. The van der Waals surface area contributed by atoms with Crippen molar-refractivity contribution in [2.75, 3.05) is 22.7 Å². The number of hydrogen-bond donors (Lipinski definition) is 2. The Hall–Kier alpha value is -3.67. The van der Waals surface area contributed by atoms with E-state index < -0.39 is 33.4 Å². The van der Waals surface area contributed by atoms with E-state index in [0.717, 1.165) is 12.1 Å². The topological polar surface area (TPSA) is 112 Å². The summed E-state index contributed by atoms with van der Waals surface area (Å²) in [5.41, 5.74) is -0.630. The number of pyridine rings is 2. The van der Waals surface area contributed by atoms with Crippen LogP contribution in [-0.4, -0.2) is 42.6 Å². The Balaban J connectivity index is 1.98. The van der Waals surface area contributed by atoms with E-state index in [0.29, 0.717) is 12.1 Å². The molecule has 0 atom stereocenters. The quantitative estimate of drug-likeness (QED) is 0.435. The molecule has 0 aliphatic carbocycles. The highest BCUT2D eigenvalue weighted by atomic mass is 32.2. The van der Waals surface area contributed by atoms with Crippen LogP contribution in [0.3, 0.4) is 0 Å². The van der Waals surface area contributed by atoms with Crippen LogP contribution in [-0.2, 0) is 21.0 Å². The molecule has 0 saturated carbocycles. The van der Waals surface area contributed by atoms with Crippen molar-refractivity contribution < 1.29 is 31.5 Å². The molecule has 2 N–H and O–H groups in total. The summed E-state index contributed by atoms with van der Waals surface area (Å²) in [5.74, 6) is -1.06. The zero-order valence-electron chi connectivity index (χ0n) is 18.9. The molecule has 0 bridgehead atoms. The molecule has 0 fully saturated rings. The normalized spacial score (nSPS) is 11.8. The molecule has 0 radical (unpaired) electrons. The van der Waals surface area contributed by atoms with E-state index in [-0.39, 0.29) is 35.2 Å². The van der Waals surface area contributed by atoms with Gasteiger partial charge in [0.25, 0.3) is 10.0 Å². The molecule has 0 saturated heterocycles. The Morgan fingerprint density at radius 1 is 1.06 bits per heavy atom. The van der Waals surface area contributed by atoms with Crippen LogP contribution in [0.15, 0.2) is 59.6 Å². The van der Waals surface area contributed by atoms with E-state index in [2.05, 4.69) is 14.7 Å². The smallest absolute Gasteiger partial charge is 0.418 e. The summed E-state index contributed by atoms with van der Waals surface area (Å²) in [6.45, 7) is 3.91. The molecule has 2 heterocycles. The zero-order chi connectivity index (χ0) is 25.8. The second-order valence-electron chi connectivity index (χ2n) is 7.57. The van der Waals surface area contributed by atoms with Gasteiger partial charge in [-0.15, -0.1) is 0 Å². The third kappa shape index (κ3) is 6.27. The molecule has 12 heteroatoms. The number of benzene rings is 1. The van der Waals surface area contributed by atoms with Gasteiger partial charge >= 0.3 is 12.1 Å². The van der Waals surface area contributed by atoms with E-state index in [4.69, 9.17) is 5.11 Å². The van der Waals surface area contributed by atoms with Crippen molar-refractivity contribution in [2.45, 2.75) is 31.5 Å². The minimum atomic E-state index is -4.70. The van der Waals surface area contributed by atoms with Crippen molar-refractivity contribution in [1.82, 2.24) is 9.97 Å². The maximum absolute atomic E-state index is 13.6. The Morgan fingerprint density at radius 2 is 1.77 bits per heavy atom. The molecule has 1 aromatic carbocycles. The van der Waals surface area contributed by atoms with E-state index >= 15 is 0 Å². The van der Waals surface area contributed by atoms with Crippen molar-refractivity contribution in [3.05, 3.63) is 65.7 Å². The Bertz CT molecular complexity index is 1330. The van der Waals surface area contributed by atoms with Crippen LogP contribution in [0.25, 0.3) is 11.3 Å². The number of carbonyl (C=O) groups is 1. The lowest BCUT2D eigenvalue weighted by Crippen LogP contribution is -2.27. The van der Waals surface area contributed by atoms with Gasteiger partial charge in [-0.25, -0.2) is 9.97 Å². The third-order valence-corrected chi connectivity index (χ3v) is 6.38. The predicted molar refractivity (Wildman–Crippen MR) is 125 cm³/mol. The molecule has 3 rings (SSSR count). The summed E-state index contributed by atoms with van der Waals surface area (Å²) >= 11 is 0. The summed E-state index contributed by atoms with van der Waals surface area (Å²) < 4.78 is 69.1. The summed E-state index contributed by atoms with van der Waals surface area (Å²) in [6, 6.07) is 12.3. The lowest BCUT2D eigenvalue weighted by atomic mass is 10.0. The zero-order valence-corrected chi connectivity index (χ0v) is 19.7. The van der Waals surface area contributed by atoms with Crippen molar-refractivity contribution in [3.8, 4) is 11.3 Å². The summed E-state index contributed by atoms with van der Waals surface area (Å²) in [6.07, 6.45) is -4.86. The molecule has 3 aromatic rings. The number of rotatable bonds is 9. The monoisotopic (exact) mass is 508 g/mol. The molecule has 0 unspecified atom stereocenters. The van der Waals surface area contributed by atoms with Gasteiger partial charge in [0.05, 0.1) is 17.7 Å². The van der Waals surface area contributed by atoms with Crippen LogP contribution in [0.4, 0.5) is 24.8 Å². The number of aryl methyl sites for hydroxylation is 1. The van der Waals surface area contributed by atoms with E-state index in [1.165, 1.54) is 24.3 Å². The highest BCUT2D eigenvalue weighted by Crippen LogP contribution is 2.38. The maximum atomic E-state index is 13.6. The number of halogens is 3. The lowest BCUT2D eigenvalue weighted by molar-refractivity contribution is -0.138. The first-order chi connectivity index (χ1) is 16.4. The van der Waals surface area contributed by atoms with Crippen molar-refractivity contribution >= 4 is 27.6 Å². The molecule has 8 nitrogen and oxygen atoms in total. The number of hydrogen-bond acceptors (Lipinski definition) is 6. The minimum Gasteiger partial charge on any atom is -0.481 e. The van der Waals surface area contributed by atoms with Crippen LogP contribution < -0.4 is 9.62 Å². The number of carboxylic acids is 1. The van der Waals surface area contributed by atoms with Gasteiger partial charge in [-0.1, -0.05) is 30.3 Å². The van der Waals surface area contributed by atoms with Gasteiger partial charge in [0.2, 0.25) is 0 Å². The first-order valence-corrected chi connectivity index (χ1v) is 12.0. The number of anilines is 2. The minimum absolute atomic E-state index is 0.121. The Kier molecular flexibility index (Phi) is 7.64. The number of sulfonamides is 1. The van der Waals surface area contributed by atoms with Crippen LogP contribution in [0.2, 0.25) is 0 Å². The number of alkyl halides is 3.